The van der Waals surface area contributed by atoms with Crippen molar-refractivity contribution in [3.05, 3.63) is 12.5 Å². The Morgan fingerprint density at radius 2 is 1.52 bits per heavy atom. The van der Waals surface area contributed by atoms with Gasteiger partial charge in [-0.3, -0.25) is 0 Å². The van der Waals surface area contributed by atoms with Crippen LogP contribution in [0.5, 0.6) is 0 Å². The zero-order valence-electron chi connectivity index (χ0n) is 12.0. The van der Waals surface area contributed by atoms with Gasteiger partial charge >= 0.3 is 0 Å². The molecule has 104 valence electrons. The number of aliphatic hydroxyl groups is 1. The molecule has 0 aliphatic carbocycles. The van der Waals surface area contributed by atoms with Crippen molar-refractivity contribution in [2.45, 2.75) is 25.8 Å². The van der Waals surface area contributed by atoms with Crippen LogP contribution < -0.4 is 5.32 Å². The minimum absolute atomic E-state index is 0.0250. The van der Waals surface area contributed by atoms with E-state index in [0.717, 1.165) is 25.9 Å². The standard InChI is InChI=1S/C18H16N2O/c1-3-4-5-6-7-8-9-10-11-14-20-15-12-18(13-16-20)19-17(2)21/h18-19,21H,2,12-13,15-16H2,1H3. The summed E-state index contributed by atoms with van der Waals surface area (Å²) >= 11 is 0. The molecule has 1 heterocycles. The monoisotopic (exact) mass is 276 g/mol. The highest BCUT2D eigenvalue weighted by Gasteiger charge is 2.16. The smallest absolute Gasteiger partial charge is 0.176 e. The van der Waals surface area contributed by atoms with Crippen LogP contribution in [0.1, 0.15) is 19.8 Å². The third-order valence-electron chi connectivity index (χ3n) is 2.64. The van der Waals surface area contributed by atoms with Gasteiger partial charge in [-0.2, -0.15) is 0 Å². The first-order valence-corrected chi connectivity index (χ1v) is 6.54. The molecule has 0 saturated carbocycles. The molecule has 1 aliphatic rings. The largest absolute Gasteiger partial charge is 0.495 e. The highest BCUT2D eigenvalue weighted by Crippen LogP contribution is 2.09. The van der Waals surface area contributed by atoms with Crippen LogP contribution in [0.3, 0.4) is 0 Å². The Morgan fingerprint density at radius 1 is 1.00 bits per heavy atom. The highest BCUT2D eigenvalue weighted by molar-refractivity contribution is 5.42. The summed E-state index contributed by atoms with van der Waals surface area (Å²) in [5.41, 5.74) is 0. The van der Waals surface area contributed by atoms with Crippen molar-refractivity contribution in [3.8, 4) is 59.3 Å². The summed E-state index contributed by atoms with van der Waals surface area (Å²) in [4.78, 5) is 2.01. The molecule has 2 N–H and O–H groups in total. The summed E-state index contributed by atoms with van der Waals surface area (Å²) in [6.07, 6.45) is 1.82. The number of hydrogen-bond donors (Lipinski definition) is 2. The SMILES string of the molecule is C=C(O)NC1CCN(C#CC#CC#CC#CC#CC)CC1. The van der Waals surface area contributed by atoms with Gasteiger partial charge in [-0.05, 0) is 50.0 Å². The van der Waals surface area contributed by atoms with Gasteiger partial charge in [0.1, 0.15) is 0 Å². The van der Waals surface area contributed by atoms with Crippen LogP contribution >= 0.6 is 0 Å². The predicted molar refractivity (Wildman–Crippen MR) is 84.1 cm³/mol. The Bertz CT molecular complexity index is 670. The van der Waals surface area contributed by atoms with Crippen molar-refractivity contribution < 1.29 is 5.11 Å². The van der Waals surface area contributed by atoms with Crippen molar-refractivity contribution in [1.29, 1.82) is 0 Å². The number of hydrogen-bond acceptors (Lipinski definition) is 3. The lowest BCUT2D eigenvalue weighted by molar-refractivity contribution is 0.252. The predicted octanol–water partition coefficient (Wildman–Crippen LogP) is 1.06. The van der Waals surface area contributed by atoms with E-state index in [2.05, 4.69) is 71.2 Å². The van der Waals surface area contributed by atoms with Crippen LogP contribution in [-0.2, 0) is 0 Å². The molecule has 3 heteroatoms. The van der Waals surface area contributed by atoms with E-state index in [1.807, 2.05) is 4.90 Å². The third-order valence-corrected chi connectivity index (χ3v) is 2.64. The fourth-order valence-corrected chi connectivity index (χ4v) is 1.73. The second kappa shape index (κ2) is 9.82. The number of nitrogens with zero attached hydrogens (tertiary/aromatic N) is 1. The molecule has 21 heavy (non-hydrogen) atoms. The van der Waals surface area contributed by atoms with Crippen LogP contribution in [0.4, 0.5) is 0 Å². The maximum atomic E-state index is 9.07. The average molecular weight is 276 g/mol. The highest BCUT2D eigenvalue weighted by atomic mass is 16.3. The Balaban J connectivity index is 2.36. The van der Waals surface area contributed by atoms with Crippen molar-refractivity contribution in [3.63, 3.8) is 0 Å². The molecule has 1 saturated heterocycles. The Labute approximate surface area is 126 Å². The topological polar surface area (TPSA) is 35.5 Å². The Kier molecular flexibility index (Phi) is 7.48. The van der Waals surface area contributed by atoms with Gasteiger partial charge in [0.05, 0.1) is 0 Å². The summed E-state index contributed by atoms with van der Waals surface area (Å²) in [7, 11) is 0. The molecular formula is C18H16N2O. The van der Waals surface area contributed by atoms with Gasteiger partial charge in [0, 0.05) is 48.9 Å². The molecule has 1 rings (SSSR count). The number of likely N-dealkylation sites (tertiary alicyclic amines) is 1. The van der Waals surface area contributed by atoms with Crippen LogP contribution in [0, 0.1) is 59.3 Å². The minimum atomic E-state index is 0.0250. The number of piperidine rings is 1. The van der Waals surface area contributed by atoms with E-state index in [1.165, 1.54) is 0 Å². The molecule has 0 amide bonds. The number of nitrogens with one attached hydrogen (secondary N) is 1. The zero-order chi connectivity index (χ0) is 15.3. The second-order valence-electron chi connectivity index (χ2n) is 4.21. The van der Waals surface area contributed by atoms with Gasteiger partial charge in [0.25, 0.3) is 0 Å². The third kappa shape index (κ3) is 7.85. The molecule has 0 aromatic rings. The molecule has 1 aliphatic heterocycles. The van der Waals surface area contributed by atoms with Gasteiger partial charge in [0.2, 0.25) is 0 Å². The molecule has 3 nitrogen and oxygen atoms in total. The van der Waals surface area contributed by atoms with Gasteiger partial charge in [-0.15, -0.1) is 0 Å². The first kappa shape index (κ1) is 16.0. The van der Waals surface area contributed by atoms with E-state index in [-0.39, 0.29) is 11.9 Å². The van der Waals surface area contributed by atoms with E-state index in [9.17, 15) is 0 Å². The summed E-state index contributed by atoms with van der Waals surface area (Å²) < 4.78 is 0. The normalized spacial score (nSPS) is 12.3. The van der Waals surface area contributed by atoms with Gasteiger partial charge in [-0.1, -0.05) is 5.92 Å². The van der Waals surface area contributed by atoms with Crippen LogP contribution in [-0.4, -0.2) is 29.1 Å². The van der Waals surface area contributed by atoms with Crippen molar-refractivity contribution in [1.82, 2.24) is 10.2 Å². The van der Waals surface area contributed by atoms with Crippen LogP contribution in [0.2, 0.25) is 0 Å². The maximum absolute atomic E-state index is 9.07. The quantitative estimate of drug-likeness (QED) is 0.585. The van der Waals surface area contributed by atoms with Crippen LogP contribution in [0.25, 0.3) is 0 Å². The fourth-order valence-electron chi connectivity index (χ4n) is 1.73. The fraction of sp³-hybridized carbons (Fsp3) is 0.333. The number of rotatable bonds is 2. The summed E-state index contributed by atoms with van der Waals surface area (Å²) in [6, 6.07) is 3.24. The molecule has 0 atom stereocenters. The van der Waals surface area contributed by atoms with Gasteiger partial charge in [-0.25, -0.2) is 0 Å². The van der Waals surface area contributed by atoms with Crippen molar-refractivity contribution in [2.75, 3.05) is 13.1 Å². The molecule has 1 fully saturated rings. The molecule has 0 unspecified atom stereocenters. The zero-order valence-corrected chi connectivity index (χ0v) is 12.0. The van der Waals surface area contributed by atoms with E-state index < -0.39 is 0 Å². The summed E-state index contributed by atoms with van der Waals surface area (Å²) in [5, 5.41) is 12.0. The maximum Gasteiger partial charge on any atom is 0.176 e. The number of aliphatic hydroxyl groups excluding tert-OH is 1. The Morgan fingerprint density at radius 3 is 2.05 bits per heavy atom. The minimum Gasteiger partial charge on any atom is -0.495 e. The lowest BCUT2D eigenvalue weighted by Crippen LogP contribution is -2.40. The van der Waals surface area contributed by atoms with E-state index in [1.54, 1.807) is 6.92 Å². The molecule has 0 aromatic carbocycles. The van der Waals surface area contributed by atoms with E-state index in [4.69, 9.17) is 5.11 Å². The van der Waals surface area contributed by atoms with E-state index in [0.29, 0.717) is 0 Å². The molecule has 0 aromatic heterocycles. The molecule has 0 radical (unpaired) electrons. The van der Waals surface area contributed by atoms with Gasteiger partial charge < -0.3 is 15.3 Å². The van der Waals surface area contributed by atoms with Crippen molar-refractivity contribution in [2.24, 2.45) is 0 Å². The first-order valence-electron chi connectivity index (χ1n) is 6.54. The van der Waals surface area contributed by atoms with Gasteiger partial charge in [0.15, 0.2) is 5.88 Å². The molecule has 0 bridgehead atoms. The summed E-state index contributed by atoms with van der Waals surface area (Å²) in [5.74, 6) is 23.6. The summed E-state index contributed by atoms with van der Waals surface area (Å²) in [6.45, 7) is 6.82. The lowest BCUT2D eigenvalue weighted by atomic mass is 10.1. The lowest BCUT2D eigenvalue weighted by Gasteiger charge is -2.29. The second-order valence-corrected chi connectivity index (χ2v) is 4.21. The molecule has 0 spiro atoms. The Hall–Kier alpha value is -3.06. The first-order chi connectivity index (χ1) is 10.2. The van der Waals surface area contributed by atoms with Crippen LogP contribution in [0.15, 0.2) is 12.5 Å². The van der Waals surface area contributed by atoms with Crippen molar-refractivity contribution >= 4 is 0 Å². The van der Waals surface area contributed by atoms with E-state index >= 15 is 0 Å². The average Bonchev–Trinajstić information content (AvgIpc) is 2.47. The molecular weight excluding hydrogens is 260 g/mol.